The zero-order valence-electron chi connectivity index (χ0n) is 9.38. The molecule has 0 aromatic carbocycles. The number of hydrogen-bond acceptors (Lipinski definition) is 5. The molecule has 2 N–H and O–H groups in total. The zero-order chi connectivity index (χ0) is 12.1. The van der Waals surface area contributed by atoms with Crippen molar-refractivity contribution < 1.29 is 10.2 Å². The smallest absolute Gasteiger partial charge is 0.276 e. The molecule has 5 nitrogen and oxygen atoms in total. The van der Waals surface area contributed by atoms with Gasteiger partial charge in [-0.2, -0.15) is 4.98 Å². The summed E-state index contributed by atoms with van der Waals surface area (Å²) < 4.78 is 1.70. The van der Waals surface area contributed by atoms with Crippen LogP contribution in [0.5, 0.6) is 0 Å². The third-order valence-corrected chi connectivity index (χ3v) is 2.89. The quantitative estimate of drug-likeness (QED) is 0.564. The molecular formula is C10H16N2O3S. The lowest BCUT2D eigenvalue weighted by molar-refractivity contribution is 0.0785. The van der Waals surface area contributed by atoms with Crippen LogP contribution in [0.1, 0.15) is 12.5 Å². The van der Waals surface area contributed by atoms with E-state index in [-0.39, 0.29) is 18.7 Å². The highest BCUT2D eigenvalue weighted by atomic mass is 32.2. The minimum atomic E-state index is -0.833. The van der Waals surface area contributed by atoms with E-state index in [4.69, 9.17) is 5.11 Å². The molecule has 6 heteroatoms. The van der Waals surface area contributed by atoms with E-state index >= 15 is 0 Å². The predicted octanol–water partition coefficient (Wildman–Crippen LogP) is 0.0169. The Kier molecular flexibility index (Phi) is 4.98. The van der Waals surface area contributed by atoms with E-state index in [1.807, 2.05) is 6.92 Å². The molecule has 90 valence electrons. The molecule has 0 aliphatic heterocycles. The van der Waals surface area contributed by atoms with Crippen LogP contribution < -0.4 is 5.56 Å². The molecule has 0 saturated heterocycles. The third-order valence-electron chi connectivity index (χ3n) is 2.02. The van der Waals surface area contributed by atoms with E-state index in [0.717, 1.165) is 5.75 Å². The Morgan fingerprint density at radius 3 is 2.88 bits per heavy atom. The maximum Gasteiger partial charge on any atom is 0.276 e. The Morgan fingerprint density at radius 1 is 1.62 bits per heavy atom. The summed E-state index contributed by atoms with van der Waals surface area (Å²) >= 11 is 1.44. The number of aliphatic hydroxyl groups is 2. The fraction of sp³-hybridized carbons (Fsp3) is 0.600. The Bertz CT molecular complexity index is 406. The number of nitrogens with zero attached hydrogens (tertiary/aromatic N) is 2. The average Bonchev–Trinajstić information content (AvgIpc) is 2.25. The first-order valence-electron chi connectivity index (χ1n) is 5.08. The molecule has 1 aromatic rings. The minimum Gasteiger partial charge on any atom is -0.394 e. The lowest BCUT2D eigenvalue weighted by Crippen LogP contribution is -2.24. The maximum atomic E-state index is 11.4. The Labute approximate surface area is 98.1 Å². The van der Waals surface area contributed by atoms with E-state index in [2.05, 4.69) is 4.98 Å². The Hall–Kier alpha value is -0.850. The molecule has 0 saturated carbocycles. The molecule has 0 bridgehead atoms. The first kappa shape index (κ1) is 13.2. The van der Waals surface area contributed by atoms with Gasteiger partial charge in [-0.25, -0.2) is 0 Å². The lowest BCUT2D eigenvalue weighted by Gasteiger charge is -2.14. The third kappa shape index (κ3) is 3.33. The van der Waals surface area contributed by atoms with Crippen LogP contribution in [0.25, 0.3) is 0 Å². The molecule has 1 heterocycles. The fourth-order valence-electron chi connectivity index (χ4n) is 1.24. The van der Waals surface area contributed by atoms with Crippen LogP contribution >= 0.6 is 11.8 Å². The molecule has 1 rings (SSSR count). The average molecular weight is 244 g/mol. The summed E-state index contributed by atoms with van der Waals surface area (Å²) in [5.74, 6) is 0.796. The lowest BCUT2D eigenvalue weighted by atomic mass is 10.3. The standard InChI is InChI=1S/C10H16N2O3S/c1-3-16-10-11-9(15)7(2)4-12(10)5-8(14)6-13/h4,8,13-14H,3,5-6H2,1-2H3/t8-/m0/s1. The van der Waals surface area contributed by atoms with Crippen molar-refractivity contribution in [1.82, 2.24) is 9.55 Å². The summed E-state index contributed by atoms with van der Waals surface area (Å²) in [4.78, 5) is 15.3. The van der Waals surface area contributed by atoms with E-state index < -0.39 is 6.10 Å². The summed E-state index contributed by atoms with van der Waals surface area (Å²) in [6, 6.07) is 0. The van der Waals surface area contributed by atoms with Crippen molar-refractivity contribution in [1.29, 1.82) is 0 Å². The Balaban J connectivity index is 3.04. The SMILES string of the molecule is CCSc1nc(=O)c(C)cn1C[C@H](O)CO. The molecule has 0 aliphatic carbocycles. The van der Waals surface area contributed by atoms with Gasteiger partial charge in [0.05, 0.1) is 19.3 Å². The first-order valence-corrected chi connectivity index (χ1v) is 6.06. The van der Waals surface area contributed by atoms with Gasteiger partial charge < -0.3 is 14.8 Å². The van der Waals surface area contributed by atoms with Crippen LogP contribution in [0.15, 0.2) is 16.1 Å². The molecule has 1 atom stereocenters. The van der Waals surface area contributed by atoms with Crippen LogP contribution in [-0.4, -0.2) is 38.2 Å². The largest absolute Gasteiger partial charge is 0.394 e. The van der Waals surface area contributed by atoms with Crippen LogP contribution in [0.4, 0.5) is 0 Å². The van der Waals surface area contributed by atoms with Crippen LogP contribution in [0.2, 0.25) is 0 Å². The second kappa shape index (κ2) is 6.03. The van der Waals surface area contributed by atoms with Crippen molar-refractivity contribution in [3.63, 3.8) is 0 Å². The molecule has 16 heavy (non-hydrogen) atoms. The van der Waals surface area contributed by atoms with Gasteiger partial charge in [0.2, 0.25) is 0 Å². The van der Waals surface area contributed by atoms with Gasteiger partial charge >= 0.3 is 0 Å². The van der Waals surface area contributed by atoms with Gasteiger partial charge in [0.15, 0.2) is 5.16 Å². The summed E-state index contributed by atoms with van der Waals surface area (Å²) in [7, 11) is 0. The summed E-state index contributed by atoms with van der Waals surface area (Å²) in [6.45, 7) is 3.58. The highest BCUT2D eigenvalue weighted by molar-refractivity contribution is 7.99. The van der Waals surface area contributed by atoms with Crippen molar-refractivity contribution >= 4 is 11.8 Å². The first-order chi connectivity index (χ1) is 7.58. The zero-order valence-corrected chi connectivity index (χ0v) is 10.2. The second-order valence-corrected chi connectivity index (χ2v) is 4.66. The molecule has 0 amide bonds. The van der Waals surface area contributed by atoms with Gasteiger partial charge in [-0.15, -0.1) is 0 Å². The molecular weight excluding hydrogens is 228 g/mol. The maximum absolute atomic E-state index is 11.4. The second-order valence-electron chi connectivity index (χ2n) is 3.43. The number of thioether (sulfide) groups is 1. The van der Waals surface area contributed by atoms with Gasteiger partial charge in [-0.3, -0.25) is 4.79 Å². The topological polar surface area (TPSA) is 75.4 Å². The van der Waals surface area contributed by atoms with E-state index in [1.165, 1.54) is 11.8 Å². The van der Waals surface area contributed by atoms with Crippen molar-refractivity contribution in [3.05, 3.63) is 22.1 Å². The van der Waals surface area contributed by atoms with Crippen molar-refractivity contribution in [2.75, 3.05) is 12.4 Å². The van der Waals surface area contributed by atoms with Crippen molar-refractivity contribution in [2.24, 2.45) is 0 Å². The van der Waals surface area contributed by atoms with Crippen LogP contribution in [0, 0.1) is 6.92 Å². The van der Waals surface area contributed by atoms with Crippen molar-refractivity contribution in [3.8, 4) is 0 Å². The fourth-order valence-corrected chi connectivity index (χ4v) is 1.94. The van der Waals surface area contributed by atoms with Crippen LogP contribution in [-0.2, 0) is 6.54 Å². The summed E-state index contributed by atoms with van der Waals surface area (Å²) in [6.07, 6.45) is 0.826. The van der Waals surface area contributed by atoms with Gasteiger partial charge in [-0.05, 0) is 12.7 Å². The highest BCUT2D eigenvalue weighted by Gasteiger charge is 2.09. The van der Waals surface area contributed by atoms with E-state index in [9.17, 15) is 9.90 Å². The molecule has 0 radical (unpaired) electrons. The predicted molar refractivity (Wildman–Crippen MR) is 62.7 cm³/mol. The molecule has 0 fully saturated rings. The monoisotopic (exact) mass is 244 g/mol. The minimum absolute atomic E-state index is 0.243. The highest BCUT2D eigenvalue weighted by Crippen LogP contribution is 2.14. The van der Waals surface area contributed by atoms with Gasteiger partial charge in [0, 0.05) is 11.8 Å². The number of aryl methyl sites for hydroxylation is 1. The number of rotatable bonds is 5. The summed E-state index contributed by atoms with van der Waals surface area (Å²) in [5.41, 5.74) is 0.288. The number of aromatic nitrogens is 2. The van der Waals surface area contributed by atoms with E-state index in [1.54, 1.807) is 17.7 Å². The number of aliphatic hydroxyl groups excluding tert-OH is 2. The molecule has 0 unspecified atom stereocenters. The normalized spacial score (nSPS) is 12.8. The molecule has 0 spiro atoms. The number of hydrogen-bond donors (Lipinski definition) is 2. The van der Waals surface area contributed by atoms with Gasteiger partial charge in [0.1, 0.15) is 0 Å². The van der Waals surface area contributed by atoms with Crippen LogP contribution in [0.3, 0.4) is 0 Å². The van der Waals surface area contributed by atoms with E-state index in [0.29, 0.717) is 10.7 Å². The van der Waals surface area contributed by atoms with Crippen molar-refractivity contribution in [2.45, 2.75) is 31.7 Å². The van der Waals surface area contributed by atoms with Gasteiger partial charge in [0.25, 0.3) is 5.56 Å². The molecule has 1 aromatic heterocycles. The van der Waals surface area contributed by atoms with Gasteiger partial charge in [-0.1, -0.05) is 18.7 Å². The molecule has 0 aliphatic rings. The summed E-state index contributed by atoms with van der Waals surface area (Å²) in [5, 5.41) is 18.7. The Morgan fingerprint density at radius 2 is 2.31 bits per heavy atom.